The molecule has 2 aromatic rings. The summed E-state index contributed by atoms with van der Waals surface area (Å²) in [6.45, 7) is 0. The summed E-state index contributed by atoms with van der Waals surface area (Å²) in [6, 6.07) is 8.25. The van der Waals surface area contributed by atoms with Crippen molar-refractivity contribution in [1.82, 2.24) is 10.9 Å². The molecule has 1 aromatic carbocycles. The molecule has 1 atom stereocenters. The lowest BCUT2D eigenvalue weighted by Crippen LogP contribution is -2.56. The molecule has 3 fully saturated rings. The Bertz CT molecular complexity index is 726. The number of amidine groups is 1. The first-order valence-corrected chi connectivity index (χ1v) is 7.93. The molecule has 0 amide bonds. The van der Waals surface area contributed by atoms with E-state index in [1.165, 1.54) is 32.1 Å². The normalized spacial score (nSPS) is 34.4. The Balaban J connectivity index is 1.53. The van der Waals surface area contributed by atoms with Gasteiger partial charge in [-0.15, -0.1) is 0 Å². The molecule has 6 rings (SSSR count). The van der Waals surface area contributed by atoms with Gasteiger partial charge in [0.1, 0.15) is 17.1 Å². The van der Waals surface area contributed by atoms with Crippen LogP contribution in [0, 0.1) is 11.8 Å². The van der Waals surface area contributed by atoms with Crippen molar-refractivity contribution in [2.75, 3.05) is 0 Å². The van der Waals surface area contributed by atoms with Crippen molar-refractivity contribution in [3.63, 3.8) is 0 Å². The fraction of sp³-hybridized carbons (Fsp3) is 0.471. The number of nitrogens with zero attached hydrogens (tertiary/aromatic N) is 1. The average molecular weight is 281 g/mol. The maximum atomic E-state index is 5.41. The summed E-state index contributed by atoms with van der Waals surface area (Å²) in [5.41, 5.74) is 8.87. The highest BCUT2D eigenvalue weighted by Crippen LogP contribution is 2.48. The number of aliphatic imine (C=N–C) groups is 1. The lowest BCUT2D eigenvalue weighted by Gasteiger charge is -2.47. The molecule has 2 bridgehead atoms. The number of nitrogens with one attached hydrogen (secondary N) is 2. The first-order chi connectivity index (χ1) is 10.3. The number of hydrogen-bond acceptors (Lipinski definition) is 4. The maximum absolute atomic E-state index is 5.41. The third-order valence-corrected chi connectivity index (χ3v) is 5.56. The predicted molar refractivity (Wildman–Crippen MR) is 81.8 cm³/mol. The van der Waals surface area contributed by atoms with Crippen LogP contribution in [0.1, 0.15) is 37.7 Å². The molecule has 2 N–H and O–H groups in total. The summed E-state index contributed by atoms with van der Waals surface area (Å²) in [5, 5.41) is 1.13. The van der Waals surface area contributed by atoms with Gasteiger partial charge in [0.15, 0.2) is 0 Å². The highest BCUT2D eigenvalue weighted by Gasteiger charge is 2.49. The Morgan fingerprint density at radius 3 is 2.86 bits per heavy atom. The number of rotatable bonds is 1. The Morgan fingerprint density at radius 2 is 2.05 bits per heavy atom. The van der Waals surface area contributed by atoms with Crippen molar-refractivity contribution >= 4 is 16.8 Å². The van der Waals surface area contributed by atoms with Crippen LogP contribution in [0.15, 0.2) is 39.9 Å². The Kier molecular flexibility index (Phi) is 2.31. The van der Waals surface area contributed by atoms with E-state index in [9.17, 15) is 0 Å². The molecule has 2 heterocycles. The maximum Gasteiger partial charge on any atom is 0.144 e. The largest absolute Gasteiger partial charge is 0.464 e. The monoisotopic (exact) mass is 281 g/mol. The van der Waals surface area contributed by atoms with E-state index >= 15 is 0 Å². The van der Waals surface area contributed by atoms with E-state index < -0.39 is 0 Å². The van der Waals surface area contributed by atoms with Crippen LogP contribution in [-0.2, 0) is 0 Å². The summed E-state index contributed by atoms with van der Waals surface area (Å²) in [4.78, 5) is 5.09. The van der Waals surface area contributed by atoms with Crippen molar-refractivity contribution in [2.24, 2.45) is 16.8 Å². The summed E-state index contributed by atoms with van der Waals surface area (Å²) in [7, 11) is 0. The van der Waals surface area contributed by atoms with Gasteiger partial charge in [-0.3, -0.25) is 0 Å². The fourth-order valence-corrected chi connectivity index (χ4v) is 4.41. The summed E-state index contributed by atoms with van der Waals surface area (Å²) >= 11 is 0. The fourth-order valence-electron chi connectivity index (χ4n) is 4.41. The number of furan rings is 1. The molecule has 21 heavy (non-hydrogen) atoms. The molecule has 0 saturated heterocycles. The zero-order chi connectivity index (χ0) is 13.9. The van der Waals surface area contributed by atoms with Crippen LogP contribution in [0.4, 0.5) is 0 Å². The molecule has 1 aromatic heterocycles. The predicted octanol–water partition coefficient (Wildman–Crippen LogP) is 3.19. The van der Waals surface area contributed by atoms with Gasteiger partial charge in [-0.25, -0.2) is 10.4 Å². The molecule has 108 valence electrons. The van der Waals surface area contributed by atoms with Gasteiger partial charge in [0.25, 0.3) is 0 Å². The van der Waals surface area contributed by atoms with E-state index in [1.54, 1.807) is 6.26 Å². The molecule has 3 saturated carbocycles. The molecular weight excluding hydrogens is 262 g/mol. The smallest absolute Gasteiger partial charge is 0.144 e. The number of hydrazine groups is 1. The van der Waals surface area contributed by atoms with E-state index in [-0.39, 0.29) is 5.66 Å². The van der Waals surface area contributed by atoms with Gasteiger partial charge in [0.05, 0.1) is 6.26 Å². The van der Waals surface area contributed by atoms with Gasteiger partial charge in [0, 0.05) is 10.9 Å². The van der Waals surface area contributed by atoms with Crippen LogP contribution in [0.2, 0.25) is 0 Å². The van der Waals surface area contributed by atoms with Crippen LogP contribution in [-0.4, -0.2) is 11.5 Å². The highest BCUT2D eigenvalue weighted by atomic mass is 16.3. The molecule has 4 nitrogen and oxygen atoms in total. The average Bonchev–Trinajstić information content (AvgIpc) is 3.15. The van der Waals surface area contributed by atoms with Gasteiger partial charge in [-0.1, -0.05) is 0 Å². The van der Waals surface area contributed by atoms with Crippen molar-refractivity contribution in [2.45, 2.75) is 37.8 Å². The van der Waals surface area contributed by atoms with E-state index in [0.717, 1.165) is 28.3 Å². The quantitative estimate of drug-likeness (QED) is 0.844. The van der Waals surface area contributed by atoms with Crippen molar-refractivity contribution in [1.29, 1.82) is 0 Å². The molecule has 1 aliphatic heterocycles. The second-order valence-electron chi connectivity index (χ2n) is 6.73. The van der Waals surface area contributed by atoms with Crippen LogP contribution >= 0.6 is 0 Å². The summed E-state index contributed by atoms with van der Waals surface area (Å²) < 4.78 is 5.41. The van der Waals surface area contributed by atoms with Crippen LogP contribution in [0.5, 0.6) is 0 Å². The Morgan fingerprint density at radius 1 is 1.14 bits per heavy atom. The minimum atomic E-state index is -0.0537. The number of fused-ring (bicyclic) bond motifs is 3. The topological polar surface area (TPSA) is 49.6 Å². The van der Waals surface area contributed by atoms with Gasteiger partial charge >= 0.3 is 0 Å². The first kappa shape index (κ1) is 11.8. The van der Waals surface area contributed by atoms with Gasteiger partial charge in [-0.05, 0) is 68.2 Å². The zero-order valence-corrected chi connectivity index (χ0v) is 11.9. The van der Waals surface area contributed by atoms with Gasteiger partial charge in [-0.2, -0.15) is 0 Å². The molecule has 3 aliphatic carbocycles. The van der Waals surface area contributed by atoms with E-state index in [4.69, 9.17) is 9.41 Å². The number of hydrogen-bond donors (Lipinski definition) is 2. The van der Waals surface area contributed by atoms with E-state index in [0.29, 0.717) is 5.92 Å². The van der Waals surface area contributed by atoms with Crippen molar-refractivity contribution < 1.29 is 4.42 Å². The molecule has 1 spiro atoms. The highest BCUT2D eigenvalue weighted by molar-refractivity contribution is 6.02. The summed E-state index contributed by atoms with van der Waals surface area (Å²) in [6.07, 6.45) is 8.33. The standard InChI is InChI=1S/C17H19N3O/c1-4-14-5-2-11(1)10-17(14)18-16(19-20-17)13-3-6-15-12(9-13)7-8-21-15/h3,6-9,11,14,20H,1-2,4-5,10H2,(H,18,19)/t11?,14?,17-/m1/s1. The van der Waals surface area contributed by atoms with Crippen LogP contribution in [0.25, 0.3) is 11.0 Å². The molecular formula is C17H19N3O. The van der Waals surface area contributed by atoms with Crippen molar-refractivity contribution in [3.05, 3.63) is 36.1 Å². The molecule has 0 unspecified atom stereocenters. The number of benzene rings is 1. The SMILES string of the molecule is c1cc2cc(C3=N[C@]4(CC5CCC4CC5)NN3)ccc2o1. The zero-order valence-electron chi connectivity index (χ0n) is 11.9. The second-order valence-corrected chi connectivity index (χ2v) is 6.73. The summed E-state index contributed by atoms with van der Waals surface area (Å²) in [5.74, 6) is 2.51. The van der Waals surface area contributed by atoms with Gasteiger partial charge < -0.3 is 9.84 Å². The second kappa shape index (κ2) is 4.10. The lowest BCUT2D eigenvalue weighted by molar-refractivity contribution is 0.0506. The third-order valence-electron chi connectivity index (χ3n) is 5.56. The minimum absolute atomic E-state index is 0.0537. The Hall–Kier alpha value is -1.81. The molecule has 0 radical (unpaired) electrons. The third kappa shape index (κ3) is 1.69. The van der Waals surface area contributed by atoms with Gasteiger partial charge in [0.2, 0.25) is 0 Å². The minimum Gasteiger partial charge on any atom is -0.464 e. The van der Waals surface area contributed by atoms with Crippen LogP contribution in [0.3, 0.4) is 0 Å². The van der Waals surface area contributed by atoms with E-state index in [1.807, 2.05) is 12.1 Å². The van der Waals surface area contributed by atoms with Crippen LogP contribution < -0.4 is 10.9 Å². The lowest BCUT2D eigenvalue weighted by atomic mass is 9.65. The first-order valence-electron chi connectivity index (χ1n) is 7.93. The van der Waals surface area contributed by atoms with Crippen molar-refractivity contribution in [3.8, 4) is 0 Å². The Labute approximate surface area is 123 Å². The molecule has 4 aliphatic rings. The molecule has 4 heteroatoms. The van der Waals surface area contributed by atoms with E-state index in [2.05, 4.69) is 23.0 Å².